The summed E-state index contributed by atoms with van der Waals surface area (Å²) in [5, 5.41) is 3.87. The fraction of sp³-hybridized carbons (Fsp3) is 0.667. The van der Waals surface area contributed by atoms with E-state index in [-0.39, 0.29) is 24.2 Å². The molecule has 7 heteroatoms. The standard InChI is InChI=1S/C15H21N3O4/c1-9-12(10(2)22-17-9)5-13(19)18-6-11-7-21-4-3-15(11,8-18)14(16)20/h11H,3-8H2,1-2H3,(H2,16,20)/t11-,15+/m1/s1. The van der Waals surface area contributed by atoms with Crippen LogP contribution < -0.4 is 5.73 Å². The summed E-state index contributed by atoms with van der Waals surface area (Å²) in [6, 6.07) is 0. The molecular weight excluding hydrogens is 286 g/mol. The molecule has 2 aliphatic rings. The lowest BCUT2D eigenvalue weighted by molar-refractivity contribution is -0.136. The second kappa shape index (κ2) is 5.39. The van der Waals surface area contributed by atoms with E-state index in [1.165, 1.54) is 0 Å². The number of hydrogen-bond acceptors (Lipinski definition) is 5. The van der Waals surface area contributed by atoms with Crippen LogP contribution in [0.15, 0.2) is 4.52 Å². The maximum atomic E-state index is 12.6. The van der Waals surface area contributed by atoms with Gasteiger partial charge >= 0.3 is 0 Å². The molecule has 0 bridgehead atoms. The number of likely N-dealkylation sites (tertiary alicyclic amines) is 1. The number of fused-ring (bicyclic) bond motifs is 1. The van der Waals surface area contributed by atoms with E-state index < -0.39 is 5.41 Å². The number of amides is 2. The minimum absolute atomic E-state index is 0.00707. The first kappa shape index (κ1) is 15.0. The molecule has 0 radical (unpaired) electrons. The number of carbonyl (C=O) groups excluding carboxylic acids is 2. The Morgan fingerprint density at radius 3 is 2.82 bits per heavy atom. The van der Waals surface area contributed by atoms with E-state index in [0.717, 1.165) is 11.3 Å². The average Bonchev–Trinajstić information content (AvgIpc) is 3.03. The molecule has 0 aromatic carbocycles. The van der Waals surface area contributed by atoms with Crippen LogP contribution in [-0.4, -0.2) is 48.2 Å². The quantitative estimate of drug-likeness (QED) is 0.859. The van der Waals surface area contributed by atoms with Crippen molar-refractivity contribution in [2.24, 2.45) is 17.1 Å². The number of aromatic nitrogens is 1. The third-order valence-electron chi connectivity index (χ3n) is 5.06. The van der Waals surface area contributed by atoms with Crippen LogP contribution in [0.3, 0.4) is 0 Å². The maximum absolute atomic E-state index is 12.6. The SMILES string of the molecule is Cc1noc(C)c1CC(=O)N1C[C@@H]2COCC[C@]2(C(N)=O)C1. The molecule has 0 spiro atoms. The molecule has 0 aliphatic carbocycles. The second-order valence-electron chi connectivity index (χ2n) is 6.30. The fourth-order valence-corrected chi connectivity index (χ4v) is 3.56. The van der Waals surface area contributed by atoms with E-state index in [9.17, 15) is 9.59 Å². The molecule has 2 amide bonds. The number of ether oxygens (including phenoxy) is 1. The lowest BCUT2D eigenvalue weighted by Gasteiger charge is -2.34. The summed E-state index contributed by atoms with van der Waals surface area (Å²) in [5.41, 5.74) is 6.56. The highest BCUT2D eigenvalue weighted by atomic mass is 16.5. The zero-order valence-electron chi connectivity index (χ0n) is 12.9. The van der Waals surface area contributed by atoms with Crippen LogP contribution >= 0.6 is 0 Å². The molecule has 3 heterocycles. The zero-order valence-corrected chi connectivity index (χ0v) is 12.9. The van der Waals surface area contributed by atoms with Crippen molar-refractivity contribution in [3.05, 3.63) is 17.0 Å². The van der Waals surface area contributed by atoms with Crippen molar-refractivity contribution < 1.29 is 18.8 Å². The number of aryl methyl sites for hydroxylation is 2. The number of rotatable bonds is 3. The smallest absolute Gasteiger partial charge is 0.227 e. The van der Waals surface area contributed by atoms with E-state index in [1.54, 1.807) is 11.8 Å². The fourth-order valence-electron chi connectivity index (χ4n) is 3.56. The summed E-state index contributed by atoms with van der Waals surface area (Å²) in [7, 11) is 0. The monoisotopic (exact) mass is 307 g/mol. The normalized spacial score (nSPS) is 27.7. The van der Waals surface area contributed by atoms with E-state index in [0.29, 0.717) is 38.5 Å². The number of carbonyl (C=O) groups is 2. The highest BCUT2D eigenvalue weighted by Gasteiger charge is 2.53. The number of primary amides is 1. The van der Waals surface area contributed by atoms with Gasteiger partial charge in [-0.2, -0.15) is 0 Å². The molecule has 0 unspecified atom stereocenters. The highest BCUT2D eigenvalue weighted by Crippen LogP contribution is 2.42. The molecule has 1 aromatic rings. The van der Waals surface area contributed by atoms with Crippen LogP contribution in [-0.2, 0) is 20.7 Å². The third kappa shape index (κ3) is 2.29. The minimum atomic E-state index is -0.632. The molecule has 22 heavy (non-hydrogen) atoms. The first-order valence-electron chi connectivity index (χ1n) is 7.51. The van der Waals surface area contributed by atoms with E-state index in [1.807, 2.05) is 6.92 Å². The van der Waals surface area contributed by atoms with Gasteiger partial charge in [0.25, 0.3) is 0 Å². The third-order valence-corrected chi connectivity index (χ3v) is 5.06. The molecule has 2 fully saturated rings. The van der Waals surface area contributed by atoms with E-state index >= 15 is 0 Å². The van der Waals surface area contributed by atoms with Crippen LogP contribution in [0, 0.1) is 25.2 Å². The maximum Gasteiger partial charge on any atom is 0.227 e. The van der Waals surface area contributed by atoms with Gasteiger partial charge in [0, 0.05) is 31.2 Å². The minimum Gasteiger partial charge on any atom is -0.381 e. The van der Waals surface area contributed by atoms with Crippen molar-refractivity contribution in [3.8, 4) is 0 Å². The number of nitrogens with zero attached hydrogens (tertiary/aromatic N) is 2. The van der Waals surface area contributed by atoms with Gasteiger partial charge in [-0.15, -0.1) is 0 Å². The van der Waals surface area contributed by atoms with Crippen LogP contribution in [0.1, 0.15) is 23.4 Å². The molecule has 3 rings (SSSR count). The van der Waals surface area contributed by atoms with Crippen LogP contribution in [0.2, 0.25) is 0 Å². The van der Waals surface area contributed by atoms with Crippen molar-refractivity contribution in [1.82, 2.24) is 10.1 Å². The molecular formula is C15H21N3O4. The Kier molecular flexibility index (Phi) is 3.68. The van der Waals surface area contributed by atoms with Crippen LogP contribution in [0.4, 0.5) is 0 Å². The van der Waals surface area contributed by atoms with Gasteiger partial charge in [-0.25, -0.2) is 0 Å². The molecule has 0 saturated carbocycles. The van der Waals surface area contributed by atoms with Crippen LogP contribution in [0.25, 0.3) is 0 Å². The van der Waals surface area contributed by atoms with Gasteiger partial charge in [-0.1, -0.05) is 5.16 Å². The Bertz CT molecular complexity index is 592. The van der Waals surface area contributed by atoms with Crippen molar-refractivity contribution in [3.63, 3.8) is 0 Å². The Balaban J connectivity index is 1.76. The Labute approximate surface area is 128 Å². The van der Waals surface area contributed by atoms with Gasteiger partial charge in [-0.05, 0) is 20.3 Å². The number of nitrogens with two attached hydrogens (primary N) is 1. The van der Waals surface area contributed by atoms with Crippen molar-refractivity contribution in [2.75, 3.05) is 26.3 Å². The predicted molar refractivity (Wildman–Crippen MR) is 76.8 cm³/mol. The lowest BCUT2D eigenvalue weighted by atomic mass is 9.74. The summed E-state index contributed by atoms with van der Waals surface area (Å²) >= 11 is 0. The van der Waals surface area contributed by atoms with Gasteiger partial charge in [0.05, 0.1) is 24.1 Å². The Hall–Kier alpha value is -1.89. The molecule has 2 atom stereocenters. The lowest BCUT2D eigenvalue weighted by Crippen LogP contribution is -2.48. The summed E-state index contributed by atoms with van der Waals surface area (Å²) in [6.45, 7) is 5.53. The molecule has 1 aromatic heterocycles. The van der Waals surface area contributed by atoms with Gasteiger partial charge < -0.3 is 19.9 Å². The Morgan fingerprint density at radius 1 is 1.45 bits per heavy atom. The summed E-state index contributed by atoms with van der Waals surface area (Å²) in [5.74, 6) is 0.306. The average molecular weight is 307 g/mol. The largest absolute Gasteiger partial charge is 0.381 e. The topological polar surface area (TPSA) is 98.7 Å². The summed E-state index contributed by atoms with van der Waals surface area (Å²) < 4.78 is 10.6. The van der Waals surface area contributed by atoms with Crippen molar-refractivity contribution in [2.45, 2.75) is 26.7 Å². The van der Waals surface area contributed by atoms with Crippen molar-refractivity contribution in [1.29, 1.82) is 0 Å². The summed E-state index contributed by atoms with van der Waals surface area (Å²) in [6.07, 6.45) is 0.825. The first-order chi connectivity index (χ1) is 10.4. The zero-order chi connectivity index (χ0) is 15.9. The Morgan fingerprint density at radius 2 is 2.23 bits per heavy atom. The highest BCUT2D eigenvalue weighted by molar-refractivity contribution is 5.85. The molecule has 2 saturated heterocycles. The van der Waals surface area contributed by atoms with Gasteiger partial charge in [0.15, 0.2) is 0 Å². The summed E-state index contributed by atoms with van der Waals surface area (Å²) in [4.78, 5) is 26.3. The first-order valence-corrected chi connectivity index (χ1v) is 7.51. The predicted octanol–water partition coefficient (Wildman–Crippen LogP) is 0.184. The molecule has 2 aliphatic heterocycles. The molecule has 7 nitrogen and oxygen atoms in total. The van der Waals surface area contributed by atoms with E-state index in [4.69, 9.17) is 15.0 Å². The number of hydrogen-bond donors (Lipinski definition) is 1. The van der Waals surface area contributed by atoms with Gasteiger partial charge in [-0.3, -0.25) is 9.59 Å². The van der Waals surface area contributed by atoms with Crippen LogP contribution in [0.5, 0.6) is 0 Å². The second-order valence-corrected chi connectivity index (χ2v) is 6.30. The van der Waals surface area contributed by atoms with E-state index in [2.05, 4.69) is 5.16 Å². The van der Waals surface area contributed by atoms with Gasteiger partial charge in [0.2, 0.25) is 11.8 Å². The molecule has 120 valence electrons. The molecule has 2 N–H and O–H groups in total. The van der Waals surface area contributed by atoms with Crippen molar-refractivity contribution >= 4 is 11.8 Å². The van der Waals surface area contributed by atoms with Gasteiger partial charge in [0.1, 0.15) is 5.76 Å².